The van der Waals surface area contributed by atoms with Crippen LogP contribution in [0, 0.1) is 0 Å². The molecule has 20 heavy (non-hydrogen) atoms. The number of carbonyl (C=O) groups is 1. The van der Waals surface area contributed by atoms with Crippen molar-refractivity contribution in [2.75, 3.05) is 5.73 Å². The zero-order chi connectivity index (χ0) is 14.1. The Morgan fingerprint density at radius 2 is 2.45 bits per heavy atom. The van der Waals surface area contributed by atoms with Gasteiger partial charge in [-0.25, -0.2) is 9.67 Å². The van der Waals surface area contributed by atoms with Gasteiger partial charge in [0.2, 0.25) is 11.9 Å². The number of amides is 1. The topological polar surface area (TPSA) is 116 Å². The van der Waals surface area contributed by atoms with Gasteiger partial charge in [-0.15, -0.1) is 11.3 Å². The molecular formula is C10H12N8OS. The lowest BCUT2D eigenvalue weighted by Crippen LogP contribution is -2.31. The van der Waals surface area contributed by atoms with E-state index in [4.69, 9.17) is 5.73 Å². The maximum absolute atomic E-state index is 11.9. The smallest absolute Gasteiger partial charge is 0.242 e. The van der Waals surface area contributed by atoms with Crippen LogP contribution in [0.25, 0.3) is 4.96 Å². The Hall–Kier alpha value is -2.49. The number of rotatable bonds is 4. The minimum atomic E-state index is -0.229. The highest BCUT2D eigenvalue weighted by molar-refractivity contribution is 7.15. The minimum Gasteiger partial charge on any atom is -0.367 e. The number of nitrogens with one attached hydrogen (secondary N) is 1. The average molecular weight is 292 g/mol. The summed E-state index contributed by atoms with van der Waals surface area (Å²) in [6, 6.07) is -0.202. The van der Waals surface area contributed by atoms with Crippen LogP contribution in [0.4, 0.5) is 5.95 Å². The molecule has 3 aromatic rings. The number of anilines is 1. The van der Waals surface area contributed by atoms with E-state index in [0.29, 0.717) is 0 Å². The molecule has 0 aliphatic carbocycles. The molecule has 10 heteroatoms. The van der Waals surface area contributed by atoms with Crippen LogP contribution in [0.5, 0.6) is 0 Å². The third-order valence-corrected chi connectivity index (χ3v) is 3.56. The number of nitrogens with zero attached hydrogens (tertiary/aromatic N) is 6. The van der Waals surface area contributed by atoms with E-state index < -0.39 is 0 Å². The van der Waals surface area contributed by atoms with Crippen molar-refractivity contribution in [1.82, 2.24) is 34.9 Å². The number of nitrogens with two attached hydrogens (primary N) is 1. The van der Waals surface area contributed by atoms with Crippen molar-refractivity contribution in [1.29, 1.82) is 0 Å². The fourth-order valence-electron chi connectivity index (χ4n) is 1.78. The molecular weight excluding hydrogens is 280 g/mol. The second kappa shape index (κ2) is 4.89. The van der Waals surface area contributed by atoms with Crippen molar-refractivity contribution in [3.8, 4) is 0 Å². The number of imidazole rings is 1. The molecule has 0 aliphatic heterocycles. The third-order valence-electron chi connectivity index (χ3n) is 2.79. The number of hydrogen-bond acceptors (Lipinski definition) is 7. The third kappa shape index (κ3) is 2.32. The van der Waals surface area contributed by atoms with Gasteiger partial charge in [-0.05, 0) is 17.4 Å². The summed E-state index contributed by atoms with van der Waals surface area (Å²) in [5, 5.41) is 15.3. The van der Waals surface area contributed by atoms with E-state index in [0.717, 1.165) is 10.7 Å². The Bertz CT molecular complexity index is 715. The van der Waals surface area contributed by atoms with Crippen molar-refractivity contribution in [3.05, 3.63) is 23.5 Å². The normalized spacial score (nSPS) is 12.7. The van der Waals surface area contributed by atoms with Gasteiger partial charge in [0, 0.05) is 17.8 Å². The first-order valence-electron chi connectivity index (χ1n) is 5.86. The summed E-state index contributed by atoms with van der Waals surface area (Å²) in [6.45, 7) is 1.85. The van der Waals surface area contributed by atoms with Gasteiger partial charge in [0.25, 0.3) is 0 Å². The predicted octanol–water partition coefficient (Wildman–Crippen LogP) is -0.158. The Balaban J connectivity index is 1.66. The average Bonchev–Trinajstić information content (AvgIpc) is 3.05. The largest absolute Gasteiger partial charge is 0.367 e. The Morgan fingerprint density at radius 1 is 1.60 bits per heavy atom. The standard InChI is InChI=1S/C10H12N8OS/c1-6(7-4-17-2-3-20-10(17)13-7)12-8(19)5-18-9(11)14-15-16-18/h2-4,6H,5H2,1H3,(H,12,19)(H2,11,14,16)/t6-/m1/s1. The molecule has 0 radical (unpaired) electrons. The van der Waals surface area contributed by atoms with Crippen LogP contribution < -0.4 is 11.1 Å². The van der Waals surface area contributed by atoms with Crippen LogP contribution in [0.3, 0.4) is 0 Å². The number of fused-ring (bicyclic) bond motifs is 1. The molecule has 0 bridgehead atoms. The Kier molecular flexibility index (Phi) is 3.06. The zero-order valence-electron chi connectivity index (χ0n) is 10.6. The maximum Gasteiger partial charge on any atom is 0.242 e. The SMILES string of the molecule is C[C@@H](NC(=O)Cn1nnnc1N)c1cn2ccsc2n1. The van der Waals surface area contributed by atoms with E-state index in [-0.39, 0.29) is 24.4 Å². The first-order chi connectivity index (χ1) is 9.63. The monoisotopic (exact) mass is 292 g/mol. The second-order valence-corrected chi connectivity index (χ2v) is 5.12. The molecule has 3 heterocycles. The van der Waals surface area contributed by atoms with Crippen LogP contribution in [0.2, 0.25) is 0 Å². The molecule has 0 spiro atoms. The minimum absolute atomic E-state index is 0.0224. The zero-order valence-corrected chi connectivity index (χ0v) is 11.4. The van der Waals surface area contributed by atoms with Crippen LogP contribution in [-0.4, -0.2) is 35.5 Å². The number of tetrazole rings is 1. The summed E-state index contributed by atoms with van der Waals surface area (Å²) < 4.78 is 3.15. The predicted molar refractivity (Wildman–Crippen MR) is 71.9 cm³/mol. The van der Waals surface area contributed by atoms with Crippen LogP contribution in [-0.2, 0) is 11.3 Å². The lowest BCUT2D eigenvalue weighted by atomic mass is 10.2. The van der Waals surface area contributed by atoms with Crippen molar-refractivity contribution in [3.63, 3.8) is 0 Å². The lowest BCUT2D eigenvalue weighted by Gasteiger charge is -2.11. The maximum atomic E-state index is 11.9. The van der Waals surface area contributed by atoms with Crippen LogP contribution in [0.15, 0.2) is 17.8 Å². The van der Waals surface area contributed by atoms with Gasteiger partial charge in [0.15, 0.2) is 4.96 Å². The van der Waals surface area contributed by atoms with E-state index in [1.807, 2.05) is 29.1 Å². The second-order valence-electron chi connectivity index (χ2n) is 4.24. The van der Waals surface area contributed by atoms with E-state index in [2.05, 4.69) is 25.8 Å². The molecule has 0 unspecified atom stereocenters. The van der Waals surface area contributed by atoms with Crippen molar-refractivity contribution >= 4 is 28.2 Å². The first-order valence-corrected chi connectivity index (χ1v) is 6.74. The van der Waals surface area contributed by atoms with Gasteiger partial charge in [-0.2, -0.15) is 0 Å². The molecule has 104 valence electrons. The fourth-order valence-corrected chi connectivity index (χ4v) is 2.48. The number of hydrogen-bond donors (Lipinski definition) is 2. The molecule has 0 saturated heterocycles. The number of thiazole rings is 1. The summed E-state index contributed by atoms with van der Waals surface area (Å²) in [6.07, 6.45) is 3.81. The van der Waals surface area contributed by atoms with Gasteiger partial charge in [-0.1, -0.05) is 5.10 Å². The quantitative estimate of drug-likeness (QED) is 0.690. The van der Waals surface area contributed by atoms with Gasteiger partial charge in [0.05, 0.1) is 11.7 Å². The number of aromatic nitrogens is 6. The van der Waals surface area contributed by atoms with E-state index in [1.54, 1.807) is 11.3 Å². The van der Waals surface area contributed by atoms with E-state index in [9.17, 15) is 4.79 Å². The summed E-state index contributed by atoms with van der Waals surface area (Å²) >= 11 is 1.54. The van der Waals surface area contributed by atoms with Gasteiger partial charge >= 0.3 is 0 Å². The Labute approximate surface area is 117 Å². The van der Waals surface area contributed by atoms with Crippen molar-refractivity contribution in [2.24, 2.45) is 0 Å². The molecule has 0 aliphatic rings. The molecule has 3 N–H and O–H groups in total. The molecule has 1 amide bonds. The highest BCUT2D eigenvalue weighted by atomic mass is 32.1. The molecule has 0 aromatic carbocycles. The summed E-state index contributed by atoms with van der Waals surface area (Å²) in [7, 11) is 0. The highest BCUT2D eigenvalue weighted by Crippen LogP contribution is 2.16. The number of nitrogen functional groups attached to an aromatic ring is 1. The molecule has 0 saturated carbocycles. The number of carbonyl (C=O) groups excluding carboxylic acids is 1. The van der Waals surface area contributed by atoms with E-state index in [1.165, 1.54) is 4.68 Å². The molecule has 3 aromatic heterocycles. The highest BCUT2D eigenvalue weighted by Gasteiger charge is 2.15. The first kappa shape index (κ1) is 12.5. The Morgan fingerprint density at radius 3 is 3.15 bits per heavy atom. The van der Waals surface area contributed by atoms with Gasteiger partial charge in [0.1, 0.15) is 6.54 Å². The van der Waals surface area contributed by atoms with Crippen molar-refractivity contribution < 1.29 is 4.79 Å². The molecule has 9 nitrogen and oxygen atoms in total. The molecule has 3 rings (SSSR count). The molecule has 1 atom stereocenters. The van der Waals surface area contributed by atoms with Crippen LogP contribution in [0.1, 0.15) is 18.7 Å². The van der Waals surface area contributed by atoms with Gasteiger partial charge in [-0.3, -0.25) is 9.20 Å². The summed E-state index contributed by atoms with van der Waals surface area (Å²) in [5.74, 6) is -0.122. The summed E-state index contributed by atoms with van der Waals surface area (Å²) in [5.41, 5.74) is 6.30. The fraction of sp³-hybridized carbons (Fsp3) is 0.300. The van der Waals surface area contributed by atoms with Crippen LogP contribution >= 0.6 is 11.3 Å². The van der Waals surface area contributed by atoms with Crippen molar-refractivity contribution in [2.45, 2.75) is 19.5 Å². The molecule has 0 fully saturated rings. The van der Waals surface area contributed by atoms with E-state index >= 15 is 0 Å². The summed E-state index contributed by atoms with van der Waals surface area (Å²) in [4.78, 5) is 17.2. The van der Waals surface area contributed by atoms with Gasteiger partial charge < -0.3 is 11.1 Å². The lowest BCUT2D eigenvalue weighted by molar-refractivity contribution is -0.122.